The molecule has 3 unspecified atom stereocenters. The number of aliphatic hydroxyl groups excluding tert-OH is 2. The van der Waals surface area contributed by atoms with E-state index < -0.39 is 12.1 Å². The van der Waals surface area contributed by atoms with Gasteiger partial charge in [-0.3, -0.25) is 0 Å². The van der Waals surface area contributed by atoms with Crippen LogP contribution in [0.1, 0.15) is 33.1 Å². The molecular formula is C9H19NO3. The molecule has 0 bridgehead atoms. The fraction of sp³-hybridized carbons (Fsp3) is 1.00. The maximum atomic E-state index is 10.3. The smallest absolute Gasteiger partial charge is 0.120 e. The first-order chi connectivity index (χ1) is 6.15. The summed E-state index contributed by atoms with van der Waals surface area (Å²) in [6.07, 6.45) is 1.09. The Morgan fingerprint density at radius 1 is 1.46 bits per heavy atom. The molecule has 0 heterocycles. The van der Waals surface area contributed by atoms with Gasteiger partial charge in [-0.15, -0.1) is 0 Å². The van der Waals surface area contributed by atoms with Crippen LogP contribution in [0.5, 0.6) is 0 Å². The first-order valence-electron chi connectivity index (χ1n) is 4.77. The average molecular weight is 189 g/mol. The van der Waals surface area contributed by atoms with Crippen LogP contribution in [0.15, 0.2) is 5.18 Å². The molecular weight excluding hydrogens is 170 g/mol. The van der Waals surface area contributed by atoms with Crippen molar-refractivity contribution in [3.63, 3.8) is 0 Å². The zero-order chi connectivity index (χ0) is 10.3. The minimum Gasteiger partial charge on any atom is -0.396 e. The first-order valence-corrected chi connectivity index (χ1v) is 4.77. The van der Waals surface area contributed by atoms with Gasteiger partial charge < -0.3 is 10.2 Å². The van der Waals surface area contributed by atoms with Crippen molar-refractivity contribution < 1.29 is 10.2 Å². The van der Waals surface area contributed by atoms with Crippen molar-refractivity contribution in [3.8, 4) is 0 Å². The molecule has 13 heavy (non-hydrogen) atoms. The average Bonchev–Trinajstić information content (AvgIpc) is 2.13. The van der Waals surface area contributed by atoms with Crippen LogP contribution >= 0.6 is 0 Å². The van der Waals surface area contributed by atoms with Crippen LogP contribution in [0.25, 0.3) is 0 Å². The van der Waals surface area contributed by atoms with Crippen LogP contribution in [0.4, 0.5) is 0 Å². The van der Waals surface area contributed by atoms with Crippen LogP contribution < -0.4 is 0 Å². The third kappa shape index (κ3) is 4.95. The van der Waals surface area contributed by atoms with Crippen molar-refractivity contribution in [2.45, 2.75) is 45.3 Å². The van der Waals surface area contributed by atoms with E-state index in [0.29, 0.717) is 12.3 Å². The summed E-state index contributed by atoms with van der Waals surface area (Å²) >= 11 is 0. The van der Waals surface area contributed by atoms with Crippen LogP contribution in [0.3, 0.4) is 0 Å². The predicted octanol–water partition coefficient (Wildman–Crippen LogP) is 1.30. The lowest BCUT2D eigenvalue weighted by atomic mass is 9.96. The Morgan fingerprint density at radius 2 is 2.08 bits per heavy atom. The van der Waals surface area contributed by atoms with E-state index >= 15 is 0 Å². The van der Waals surface area contributed by atoms with E-state index in [1.165, 1.54) is 0 Å². The second-order valence-corrected chi connectivity index (χ2v) is 3.50. The van der Waals surface area contributed by atoms with Crippen molar-refractivity contribution >= 4 is 0 Å². The highest BCUT2D eigenvalue weighted by Crippen LogP contribution is 2.15. The molecule has 0 rings (SSSR count). The van der Waals surface area contributed by atoms with Gasteiger partial charge in [-0.25, -0.2) is 0 Å². The molecule has 0 amide bonds. The summed E-state index contributed by atoms with van der Waals surface area (Å²) in [5.74, 6) is 0.387. The molecule has 2 N–H and O–H groups in total. The second kappa shape index (κ2) is 6.97. The number of nitroso groups, excluding NO2 is 1. The molecule has 0 aliphatic heterocycles. The number of aliphatic hydroxyl groups is 2. The van der Waals surface area contributed by atoms with Gasteiger partial charge in [-0.05, 0) is 18.8 Å². The number of hydrogen-bond donors (Lipinski definition) is 2. The quantitative estimate of drug-likeness (QED) is 0.593. The van der Waals surface area contributed by atoms with Gasteiger partial charge in [0.1, 0.15) is 6.04 Å². The molecule has 0 aliphatic rings. The SMILES string of the molecule is CCC(C)CC(O)C(CCO)N=O. The summed E-state index contributed by atoms with van der Waals surface area (Å²) in [6, 6.07) is -0.654. The summed E-state index contributed by atoms with van der Waals surface area (Å²) in [6.45, 7) is 3.95. The zero-order valence-corrected chi connectivity index (χ0v) is 8.31. The number of rotatable bonds is 7. The van der Waals surface area contributed by atoms with E-state index in [1.807, 2.05) is 13.8 Å². The molecule has 0 aromatic heterocycles. The molecule has 0 fully saturated rings. The lowest BCUT2D eigenvalue weighted by Crippen LogP contribution is -2.26. The summed E-state index contributed by atoms with van der Waals surface area (Å²) in [5.41, 5.74) is 0. The van der Waals surface area contributed by atoms with Gasteiger partial charge in [0.05, 0.1) is 6.10 Å². The van der Waals surface area contributed by atoms with E-state index in [4.69, 9.17) is 5.11 Å². The van der Waals surface area contributed by atoms with Gasteiger partial charge in [0.25, 0.3) is 0 Å². The molecule has 4 heteroatoms. The van der Waals surface area contributed by atoms with Crippen LogP contribution in [0.2, 0.25) is 0 Å². The van der Waals surface area contributed by atoms with Gasteiger partial charge in [0.15, 0.2) is 0 Å². The summed E-state index contributed by atoms with van der Waals surface area (Å²) in [5, 5.41) is 20.9. The van der Waals surface area contributed by atoms with Gasteiger partial charge in [0.2, 0.25) is 0 Å². The largest absolute Gasteiger partial charge is 0.396 e. The predicted molar refractivity (Wildman–Crippen MR) is 51.4 cm³/mol. The first kappa shape index (κ1) is 12.5. The molecule has 0 aromatic rings. The highest BCUT2D eigenvalue weighted by atomic mass is 16.3. The molecule has 0 aromatic carbocycles. The van der Waals surface area contributed by atoms with Crippen molar-refractivity contribution in [3.05, 3.63) is 4.91 Å². The third-order valence-corrected chi connectivity index (χ3v) is 2.35. The molecule has 0 aliphatic carbocycles. The molecule has 0 spiro atoms. The fourth-order valence-electron chi connectivity index (χ4n) is 1.18. The Labute approximate surface area is 78.9 Å². The zero-order valence-electron chi connectivity index (χ0n) is 8.31. The number of nitrogens with zero attached hydrogens (tertiary/aromatic N) is 1. The van der Waals surface area contributed by atoms with Crippen LogP contribution in [-0.4, -0.2) is 29.0 Å². The van der Waals surface area contributed by atoms with E-state index in [0.717, 1.165) is 6.42 Å². The van der Waals surface area contributed by atoms with Gasteiger partial charge in [-0.2, -0.15) is 4.91 Å². The van der Waals surface area contributed by atoms with Crippen LogP contribution in [-0.2, 0) is 0 Å². The lowest BCUT2D eigenvalue weighted by Gasteiger charge is -2.18. The second-order valence-electron chi connectivity index (χ2n) is 3.50. The third-order valence-electron chi connectivity index (χ3n) is 2.35. The van der Waals surface area contributed by atoms with Crippen molar-refractivity contribution in [2.24, 2.45) is 11.1 Å². The van der Waals surface area contributed by atoms with Crippen molar-refractivity contribution in [1.82, 2.24) is 0 Å². The standard InChI is InChI=1S/C9H19NO3/c1-3-7(2)6-9(12)8(10-13)4-5-11/h7-9,11-12H,3-6H2,1-2H3. The van der Waals surface area contributed by atoms with Crippen molar-refractivity contribution in [1.29, 1.82) is 0 Å². The minimum absolute atomic E-state index is 0.103. The van der Waals surface area contributed by atoms with Crippen molar-refractivity contribution in [2.75, 3.05) is 6.61 Å². The summed E-state index contributed by atoms with van der Waals surface area (Å²) < 4.78 is 0. The molecule has 0 saturated heterocycles. The van der Waals surface area contributed by atoms with E-state index in [9.17, 15) is 10.0 Å². The maximum Gasteiger partial charge on any atom is 0.120 e. The summed E-state index contributed by atoms with van der Waals surface area (Å²) in [7, 11) is 0. The summed E-state index contributed by atoms with van der Waals surface area (Å²) in [4.78, 5) is 10.3. The Morgan fingerprint density at radius 3 is 2.46 bits per heavy atom. The topological polar surface area (TPSA) is 69.9 Å². The van der Waals surface area contributed by atoms with Gasteiger partial charge in [0, 0.05) is 6.61 Å². The molecule has 3 atom stereocenters. The lowest BCUT2D eigenvalue weighted by molar-refractivity contribution is 0.104. The highest BCUT2D eigenvalue weighted by molar-refractivity contribution is 4.76. The Hall–Kier alpha value is -0.480. The highest BCUT2D eigenvalue weighted by Gasteiger charge is 2.20. The minimum atomic E-state index is -0.709. The normalized spacial score (nSPS) is 17.8. The maximum absolute atomic E-state index is 10.3. The molecule has 78 valence electrons. The Bertz CT molecular complexity index is 141. The molecule has 4 nitrogen and oxygen atoms in total. The Kier molecular flexibility index (Phi) is 6.72. The van der Waals surface area contributed by atoms with Crippen LogP contribution in [0, 0.1) is 10.8 Å². The van der Waals surface area contributed by atoms with E-state index in [-0.39, 0.29) is 13.0 Å². The fourth-order valence-corrected chi connectivity index (χ4v) is 1.18. The molecule has 0 saturated carbocycles. The van der Waals surface area contributed by atoms with E-state index in [1.54, 1.807) is 0 Å². The molecule has 0 radical (unpaired) electrons. The van der Waals surface area contributed by atoms with Gasteiger partial charge in [-0.1, -0.05) is 25.4 Å². The van der Waals surface area contributed by atoms with E-state index in [2.05, 4.69) is 5.18 Å². The monoisotopic (exact) mass is 189 g/mol. The van der Waals surface area contributed by atoms with Gasteiger partial charge >= 0.3 is 0 Å². The number of hydrogen-bond acceptors (Lipinski definition) is 4. The Balaban J connectivity index is 3.89.